The molecule has 3 heterocycles. The van der Waals surface area contributed by atoms with Gasteiger partial charge >= 0.3 is 0 Å². The quantitative estimate of drug-likeness (QED) is 0.277. The molecule has 9 heteroatoms. The molecule has 5 rings (SSSR count). The first-order valence-electron chi connectivity index (χ1n) is 13.3. The van der Waals surface area contributed by atoms with Gasteiger partial charge in [-0.05, 0) is 74.7 Å². The lowest BCUT2D eigenvalue weighted by Gasteiger charge is -2.37. The van der Waals surface area contributed by atoms with Gasteiger partial charge in [0.05, 0.1) is 6.20 Å². The summed E-state index contributed by atoms with van der Waals surface area (Å²) in [4.78, 5) is 23.9. The lowest BCUT2D eigenvalue weighted by atomic mass is 9.97. The molecule has 0 unspecified atom stereocenters. The summed E-state index contributed by atoms with van der Waals surface area (Å²) in [6.45, 7) is 11.0. The van der Waals surface area contributed by atoms with Crippen molar-refractivity contribution in [1.29, 1.82) is 0 Å². The van der Waals surface area contributed by atoms with Crippen molar-refractivity contribution >= 4 is 50.4 Å². The van der Waals surface area contributed by atoms with E-state index in [0.29, 0.717) is 0 Å². The molecule has 206 valence electrons. The minimum absolute atomic E-state index is 0.0220. The molecule has 4 aromatic rings. The standard InChI is InChI=1S/C30H37N5O2S2/c1-19-15-21(20(2)32-24-9-7-8-10-25(24)38-6)22-17-26(33(5)28(36)23(22)16-19)34-11-13-35(14-12-34)27-18-31-29(39-27)30(3,4)37/h7-10,15-18,20,32,37H,11-14H2,1-6H3/t20-/m1/s1. The van der Waals surface area contributed by atoms with E-state index in [4.69, 9.17) is 0 Å². The van der Waals surface area contributed by atoms with Crippen molar-refractivity contribution in [3.63, 3.8) is 0 Å². The fourth-order valence-electron chi connectivity index (χ4n) is 5.26. The molecule has 0 aliphatic carbocycles. The Labute approximate surface area is 238 Å². The Bertz CT molecular complexity index is 1550. The number of fused-ring (bicyclic) bond motifs is 1. The molecule has 1 atom stereocenters. The number of aromatic nitrogens is 2. The topological polar surface area (TPSA) is 73.6 Å². The van der Waals surface area contributed by atoms with E-state index in [9.17, 15) is 9.90 Å². The van der Waals surface area contributed by atoms with Crippen molar-refractivity contribution in [2.45, 2.75) is 44.2 Å². The maximum Gasteiger partial charge on any atom is 0.259 e. The number of thiazole rings is 1. The molecule has 0 amide bonds. The van der Waals surface area contributed by atoms with Crippen molar-refractivity contribution in [1.82, 2.24) is 9.55 Å². The molecule has 2 aromatic heterocycles. The number of pyridine rings is 1. The third-order valence-corrected chi connectivity index (χ3v) is 9.55. The Kier molecular flexibility index (Phi) is 7.68. The molecule has 0 spiro atoms. The van der Waals surface area contributed by atoms with Crippen LogP contribution in [-0.2, 0) is 12.6 Å². The Morgan fingerprint density at radius 2 is 1.77 bits per heavy atom. The predicted octanol–water partition coefficient (Wildman–Crippen LogP) is 5.75. The summed E-state index contributed by atoms with van der Waals surface area (Å²) in [6, 6.07) is 14.8. The summed E-state index contributed by atoms with van der Waals surface area (Å²) >= 11 is 3.27. The molecule has 0 radical (unpaired) electrons. The SMILES string of the molecule is CSc1ccccc1N[C@H](C)c1cc(C)cc2c(=O)n(C)c(N3CCN(c4cnc(C(C)(C)O)s4)CC3)cc12. The van der Waals surface area contributed by atoms with Crippen LogP contribution in [0.1, 0.15) is 42.9 Å². The van der Waals surface area contributed by atoms with E-state index in [-0.39, 0.29) is 11.6 Å². The number of anilines is 3. The van der Waals surface area contributed by atoms with Crippen molar-refractivity contribution in [2.75, 3.05) is 47.6 Å². The van der Waals surface area contributed by atoms with Crippen molar-refractivity contribution in [3.05, 3.63) is 75.1 Å². The van der Waals surface area contributed by atoms with Crippen LogP contribution in [0.5, 0.6) is 0 Å². The zero-order valence-electron chi connectivity index (χ0n) is 23.5. The smallest absolute Gasteiger partial charge is 0.259 e. The van der Waals surface area contributed by atoms with Gasteiger partial charge in [0, 0.05) is 55.2 Å². The van der Waals surface area contributed by atoms with Crippen LogP contribution in [0.15, 0.2) is 58.4 Å². The maximum absolute atomic E-state index is 13.6. The van der Waals surface area contributed by atoms with Crippen molar-refractivity contribution < 1.29 is 5.11 Å². The molecule has 0 saturated carbocycles. The minimum Gasteiger partial charge on any atom is -0.383 e. The molecular formula is C30H37N5O2S2. The highest BCUT2D eigenvalue weighted by Crippen LogP contribution is 2.34. The van der Waals surface area contributed by atoms with Crippen molar-refractivity contribution in [2.24, 2.45) is 7.05 Å². The molecule has 1 saturated heterocycles. The summed E-state index contributed by atoms with van der Waals surface area (Å²) in [7, 11) is 1.88. The third-order valence-electron chi connectivity index (χ3n) is 7.39. The summed E-state index contributed by atoms with van der Waals surface area (Å²) in [5, 5.41) is 17.6. The van der Waals surface area contributed by atoms with Crippen LogP contribution < -0.4 is 20.7 Å². The van der Waals surface area contributed by atoms with E-state index in [1.165, 1.54) is 4.90 Å². The molecule has 7 nitrogen and oxygen atoms in total. The third kappa shape index (κ3) is 5.53. The highest BCUT2D eigenvalue weighted by Gasteiger charge is 2.25. The van der Waals surface area contributed by atoms with Gasteiger partial charge in [0.15, 0.2) is 0 Å². The molecule has 1 aliphatic heterocycles. The number of nitrogens with one attached hydrogen (secondary N) is 1. The number of rotatable bonds is 7. The molecule has 2 N–H and O–H groups in total. The summed E-state index contributed by atoms with van der Waals surface area (Å²) in [5.41, 5.74) is 2.40. The molecule has 2 aromatic carbocycles. The number of piperazine rings is 1. The van der Waals surface area contributed by atoms with Crippen LogP contribution in [0.4, 0.5) is 16.5 Å². The van der Waals surface area contributed by atoms with Gasteiger partial charge in [-0.3, -0.25) is 9.36 Å². The highest BCUT2D eigenvalue weighted by atomic mass is 32.2. The van der Waals surface area contributed by atoms with E-state index in [2.05, 4.69) is 70.5 Å². The summed E-state index contributed by atoms with van der Waals surface area (Å²) < 4.78 is 1.79. The second-order valence-corrected chi connectivity index (χ2v) is 12.6. The van der Waals surface area contributed by atoms with Gasteiger partial charge in [-0.1, -0.05) is 29.5 Å². The van der Waals surface area contributed by atoms with Crippen molar-refractivity contribution in [3.8, 4) is 0 Å². The number of hydrogen-bond donors (Lipinski definition) is 2. The minimum atomic E-state index is -0.937. The van der Waals surface area contributed by atoms with Crippen LogP contribution in [0.25, 0.3) is 10.8 Å². The molecule has 39 heavy (non-hydrogen) atoms. The first kappa shape index (κ1) is 27.6. The van der Waals surface area contributed by atoms with E-state index >= 15 is 0 Å². The van der Waals surface area contributed by atoms with Gasteiger partial charge in [-0.15, -0.1) is 11.8 Å². The highest BCUT2D eigenvalue weighted by molar-refractivity contribution is 7.98. The molecular weight excluding hydrogens is 526 g/mol. The first-order valence-corrected chi connectivity index (χ1v) is 15.3. The van der Waals surface area contributed by atoms with Gasteiger partial charge in [-0.25, -0.2) is 4.98 Å². The zero-order chi connectivity index (χ0) is 27.9. The number of thioether (sulfide) groups is 1. The molecule has 1 aliphatic rings. The number of hydrogen-bond acceptors (Lipinski definition) is 8. The Morgan fingerprint density at radius 3 is 2.44 bits per heavy atom. The number of benzene rings is 2. The molecule has 1 fully saturated rings. The largest absolute Gasteiger partial charge is 0.383 e. The van der Waals surface area contributed by atoms with Crippen LogP contribution >= 0.6 is 23.1 Å². The normalized spacial score (nSPS) is 15.2. The van der Waals surface area contributed by atoms with Crippen LogP contribution in [-0.4, -0.2) is 47.1 Å². The molecule has 0 bridgehead atoms. The van der Waals surface area contributed by atoms with E-state index in [1.54, 1.807) is 41.5 Å². The predicted molar refractivity (Wildman–Crippen MR) is 166 cm³/mol. The van der Waals surface area contributed by atoms with E-state index in [1.807, 2.05) is 25.4 Å². The lowest BCUT2D eigenvalue weighted by molar-refractivity contribution is 0.0783. The summed E-state index contributed by atoms with van der Waals surface area (Å²) in [5.74, 6) is 0.940. The van der Waals surface area contributed by atoms with Gasteiger partial charge < -0.3 is 20.2 Å². The second-order valence-electron chi connectivity index (χ2n) is 10.8. The van der Waals surface area contributed by atoms with Crippen LogP contribution in [0.2, 0.25) is 0 Å². The second kappa shape index (κ2) is 10.9. The van der Waals surface area contributed by atoms with E-state index in [0.717, 1.165) is 69.6 Å². The Hall–Kier alpha value is -3.01. The average Bonchev–Trinajstić information content (AvgIpc) is 3.42. The fraction of sp³-hybridized carbons (Fsp3) is 0.400. The van der Waals surface area contributed by atoms with Gasteiger partial charge in [0.25, 0.3) is 5.56 Å². The van der Waals surface area contributed by atoms with Gasteiger partial charge in [0.1, 0.15) is 21.4 Å². The number of aliphatic hydroxyl groups is 1. The van der Waals surface area contributed by atoms with Gasteiger partial charge in [0.2, 0.25) is 0 Å². The number of para-hydroxylation sites is 1. The van der Waals surface area contributed by atoms with Gasteiger partial charge in [-0.2, -0.15) is 0 Å². The average molecular weight is 564 g/mol. The monoisotopic (exact) mass is 563 g/mol. The van der Waals surface area contributed by atoms with Crippen LogP contribution in [0, 0.1) is 6.92 Å². The Morgan fingerprint density at radius 1 is 1.08 bits per heavy atom. The van der Waals surface area contributed by atoms with E-state index < -0.39 is 5.60 Å². The summed E-state index contributed by atoms with van der Waals surface area (Å²) in [6.07, 6.45) is 3.95. The number of aryl methyl sites for hydroxylation is 1. The maximum atomic E-state index is 13.6. The fourth-order valence-corrected chi connectivity index (χ4v) is 6.79. The first-order chi connectivity index (χ1) is 18.6. The lowest BCUT2D eigenvalue weighted by Crippen LogP contribution is -2.47. The number of nitrogens with zero attached hydrogens (tertiary/aromatic N) is 4. The zero-order valence-corrected chi connectivity index (χ0v) is 25.1. The van der Waals surface area contributed by atoms with Crippen LogP contribution in [0.3, 0.4) is 0 Å². The Balaban J connectivity index is 1.45.